The molecule has 0 heterocycles. The zero-order valence-electron chi connectivity index (χ0n) is 8.06. The maximum absolute atomic E-state index is 11.0. The average molecular weight is 226 g/mol. The topological polar surface area (TPSA) is 74.6 Å². The van der Waals surface area contributed by atoms with E-state index in [0.717, 1.165) is 0 Å². The minimum atomic E-state index is -1.09. The third-order valence-electron chi connectivity index (χ3n) is 1.89. The van der Waals surface area contributed by atoms with Gasteiger partial charge in [0.2, 0.25) is 0 Å². The predicted molar refractivity (Wildman–Crippen MR) is 56.5 cm³/mol. The number of aromatic carboxylic acids is 1. The molecule has 1 aromatic rings. The highest BCUT2D eigenvalue weighted by Gasteiger charge is 2.16. The van der Waals surface area contributed by atoms with Crippen LogP contribution < -0.4 is 0 Å². The molecule has 0 aliphatic carbocycles. The first-order valence-electron chi connectivity index (χ1n) is 4.17. The van der Waals surface area contributed by atoms with E-state index < -0.39 is 11.9 Å². The molecule has 1 aromatic carbocycles. The van der Waals surface area contributed by atoms with Crippen molar-refractivity contribution in [2.45, 2.75) is 11.3 Å². The van der Waals surface area contributed by atoms with Crippen molar-refractivity contribution in [2.24, 2.45) is 0 Å². The molecular formula is C10H10O4S. The molecule has 5 heteroatoms. The minimum absolute atomic E-state index is 0.0902. The van der Waals surface area contributed by atoms with Gasteiger partial charge in [0.15, 0.2) is 0 Å². The number of thioether (sulfide) groups is 1. The number of rotatable bonds is 4. The Balaban J connectivity index is 3.25. The molecular weight excluding hydrogens is 216 g/mol. The Morgan fingerprint density at radius 3 is 2.47 bits per heavy atom. The van der Waals surface area contributed by atoms with Crippen molar-refractivity contribution in [3.05, 3.63) is 29.3 Å². The first-order chi connectivity index (χ1) is 7.06. The van der Waals surface area contributed by atoms with Gasteiger partial charge in [-0.05, 0) is 17.9 Å². The van der Waals surface area contributed by atoms with E-state index in [-0.39, 0.29) is 12.0 Å². The lowest BCUT2D eigenvalue weighted by molar-refractivity contribution is -0.136. The Kier molecular flexibility index (Phi) is 3.74. The van der Waals surface area contributed by atoms with Crippen LogP contribution in [0, 0.1) is 0 Å². The van der Waals surface area contributed by atoms with E-state index in [1.54, 1.807) is 18.4 Å². The Labute approximate surface area is 90.9 Å². The van der Waals surface area contributed by atoms with E-state index in [2.05, 4.69) is 0 Å². The number of aliphatic carboxylic acids is 1. The second-order valence-corrected chi connectivity index (χ2v) is 3.72. The zero-order chi connectivity index (χ0) is 11.4. The molecule has 0 amide bonds. The van der Waals surface area contributed by atoms with Gasteiger partial charge < -0.3 is 10.2 Å². The van der Waals surface area contributed by atoms with Crippen LogP contribution >= 0.6 is 11.8 Å². The maximum Gasteiger partial charge on any atom is 0.337 e. The molecule has 80 valence electrons. The van der Waals surface area contributed by atoms with Crippen LogP contribution in [-0.2, 0) is 11.2 Å². The zero-order valence-corrected chi connectivity index (χ0v) is 8.87. The molecule has 0 bridgehead atoms. The summed E-state index contributed by atoms with van der Waals surface area (Å²) in [5.74, 6) is -2.12. The fourth-order valence-electron chi connectivity index (χ4n) is 1.30. The molecule has 0 atom stereocenters. The van der Waals surface area contributed by atoms with E-state index in [4.69, 9.17) is 10.2 Å². The Hall–Kier alpha value is -1.49. The molecule has 0 radical (unpaired) electrons. The van der Waals surface area contributed by atoms with Gasteiger partial charge in [0.05, 0.1) is 12.0 Å². The third kappa shape index (κ3) is 2.73. The first kappa shape index (κ1) is 11.6. The molecule has 0 aliphatic heterocycles. The summed E-state index contributed by atoms with van der Waals surface area (Å²) < 4.78 is 0. The van der Waals surface area contributed by atoms with Crippen molar-refractivity contribution in [3.63, 3.8) is 0 Å². The van der Waals surface area contributed by atoms with Gasteiger partial charge in [0.25, 0.3) is 0 Å². The molecule has 0 saturated heterocycles. The molecule has 1 rings (SSSR count). The highest BCUT2D eigenvalue weighted by atomic mass is 32.2. The van der Waals surface area contributed by atoms with Gasteiger partial charge in [-0.15, -0.1) is 11.8 Å². The van der Waals surface area contributed by atoms with E-state index in [1.165, 1.54) is 17.8 Å². The van der Waals surface area contributed by atoms with Crippen molar-refractivity contribution < 1.29 is 19.8 Å². The number of hydrogen-bond acceptors (Lipinski definition) is 3. The van der Waals surface area contributed by atoms with Gasteiger partial charge in [0, 0.05) is 4.90 Å². The van der Waals surface area contributed by atoms with Crippen molar-refractivity contribution in [3.8, 4) is 0 Å². The normalized spacial score (nSPS) is 9.93. The minimum Gasteiger partial charge on any atom is -0.481 e. The molecule has 2 N–H and O–H groups in total. The van der Waals surface area contributed by atoms with Gasteiger partial charge in [-0.3, -0.25) is 4.79 Å². The van der Waals surface area contributed by atoms with Crippen LogP contribution in [0.3, 0.4) is 0 Å². The predicted octanol–water partition coefficient (Wildman–Crippen LogP) is 1.73. The van der Waals surface area contributed by atoms with Crippen molar-refractivity contribution >= 4 is 23.7 Å². The fraction of sp³-hybridized carbons (Fsp3) is 0.200. The van der Waals surface area contributed by atoms with Crippen LogP contribution in [0.25, 0.3) is 0 Å². The molecule has 0 fully saturated rings. The van der Waals surface area contributed by atoms with Crippen LogP contribution in [0.2, 0.25) is 0 Å². The lowest BCUT2D eigenvalue weighted by Gasteiger charge is -2.07. The molecule has 15 heavy (non-hydrogen) atoms. The van der Waals surface area contributed by atoms with E-state index in [0.29, 0.717) is 10.5 Å². The fourth-order valence-corrected chi connectivity index (χ4v) is 1.94. The van der Waals surface area contributed by atoms with Crippen molar-refractivity contribution in [1.29, 1.82) is 0 Å². The monoisotopic (exact) mass is 226 g/mol. The quantitative estimate of drug-likeness (QED) is 0.765. The van der Waals surface area contributed by atoms with Crippen molar-refractivity contribution in [2.75, 3.05) is 6.26 Å². The summed E-state index contributed by atoms with van der Waals surface area (Å²) in [5.41, 5.74) is 0.425. The lowest BCUT2D eigenvalue weighted by Crippen LogP contribution is -2.09. The van der Waals surface area contributed by atoms with Crippen LogP contribution in [0.15, 0.2) is 23.1 Å². The Bertz CT molecular complexity index is 400. The summed E-state index contributed by atoms with van der Waals surface area (Å²) in [6, 6.07) is 4.85. The Morgan fingerprint density at radius 2 is 2.00 bits per heavy atom. The molecule has 0 saturated carbocycles. The van der Waals surface area contributed by atoms with E-state index >= 15 is 0 Å². The van der Waals surface area contributed by atoms with Gasteiger partial charge in [0.1, 0.15) is 0 Å². The van der Waals surface area contributed by atoms with E-state index in [9.17, 15) is 9.59 Å². The third-order valence-corrected chi connectivity index (χ3v) is 2.67. The summed E-state index contributed by atoms with van der Waals surface area (Å²) in [7, 11) is 0. The number of carboxylic acids is 2. The first-order valence-corrected chi connectivity index (χ1v) is 5.39. The number of carbonyl (C=O) groups is 2. The standard InChI is InChI=1S/C10H10O4S/c1-15-7-4-2-3-6(5-8(11)12)9(7)10(13)14/h2-4H,5H2,1H3,(H,11,12)(H,13,14). The highest BCUT2D eigenvalue weighted by molar-refractivity contribution is 7.98. The van der Waals surface area contributed by atoms with Gasteiger partial charge >= 0.3 is 11.9 Å². The van der Waals surface area contributed by atoms with Gasteiger partial charge in [-0.1, -0.05) is 12.1 Å². The summed E-state index contributed by atoms with van der Waals surface area (Å²) >= 11 is 1.29. The second-order valence-electron chi connectivity index (χ2n) is 2.87. The molecule has 0 unspecified atom stereocenters. The number of hydrogen-bond donors (Lipinski definition) is 2. The maximum atomic E-state index is 11.0. The SMILES string of the molecule is CSc1cccc(CC(=O)O)c1C(=O)O. The lowest BCUT2D eigenvalue weighted by atomic mass is 10.0. The highest BCUT2D eigenvalue weighted by Crippen LogP contribution is 2.24. The van der Waals surface area contributed by atoms with Gasteiger partial charge in [-0.25, -0.2) is 4.79 Å². The smallest absolute Gasteiger partial charge is 0.337 e. The summed E-state index contributed by atoms with van der Waals surface area (Å²) in [6.07, 6.45) is 1.49. The molecule has 0 aliphatic rings. The van der Waals surface area contributed by atoms with Crippen LogP contribution in [0.4, 0.5) is 0 Å². The van der Waals surface area contributed by atoms with Crippen LogP contribution in [-0.4, -0.2) is 28.4 Å². The van der Waals surface area contributed by atoms with Crippen LogP contribution in [0.1, 0.15) is 15.9 Å². The summed E-state index contributed by atoms with van der Waals surface area (Å²) in [5, 5.41) is 17.6. The number of carboxylic acid groups (broad SMARTS) is 2. The average Bonchev–Trinajstić information content (AvgIpc) is 2.15. The molecule has 4 nitrogen and oxygen atoms in total. The largest absolute Gasteiger partial charge is 0.481 e. The summed E-state index contributed by atoms with van der Waals surface area (Å²) in [4.78, 5) is 22.1. The second kappa shape index (κ2) is 4.84. The Morgan fingerprint density at radius 1 is 1.33 bits per heavy atom. The molecule has 0 spiro atoms. The number of benzene rings is 1. The van der Waals surface area contributed by atoms with Crippen molar-refractivity contribution in [1.82, 2.24) is 0 Å². The van der Waals surface area contributed by atoms with E-state index in [1.807, 2.05) is 0 Å². The summed E-state index contributed by atoms with van der Waals surface area (Å²) in [6.45, 7) is 0. The van der Waals surface area contributed by atoms with Gasteiger partial charge in [-0.2, -0.15) is 0 Å². The van der Waals surface area contributed by atoms with Crippen LogP contribution in [0.5, 0.6) is 0 Å². The molecule has 0 aromatic heterocycles.